The fraction of sp³-hybridized carbons (Fsp3) is 0.576. The molecule has 0 aromatic heterocycles. The van der Waals surface area contributed by atoms with Gasteiger partial charge in [0.2, 0.25) is 23.5 Å². The molecular weight excluding hydrogens is 578 g/mol. The number of hydrogen-bond donors (Lipinski definition) is 4. The van der Waals surface area contributed by atoms with Crippen LogP contribution in [-0.4, -0.2) is 77.2 Å². The number of rotatable bonds is 12. The van der Waals surface area contributed by atoms with Gasteiger partial charge in [0.1, 0.15) is 23.7 Å². The fourth-order valence-corrected chi connectivity index (χ4v) is 4.85. The van der Waals surface area contributed by atoms with Crippen LogP contribution in [0.15, 0.2) is 36.9 Å². The van der Waals surface area contributed by atoms with Crippen molar-refractivity contribution in [3.8, 4) is 0 Å². The zero-order valence-electron chi connectivity index (χ0n) is 27.7. The van der Waals surface area contributed by atoms with Crippen LogP contribution in [0.25, 0.3) is 0 Å². The minimum absolute atomic E-state index is 0.0415. The topological polar surface area (TPSA) is 163 Å². The Balaban J connectivity index is 2.04. The molecule has 2 rings (SSSR count). The van der Waals surface area contributed by atoms with Gasteiger partial charge in [0.15, 0.2) is 0 Å². The molecule has 0 radical (unpaired) electrons. The van der Waals surface area contributed by atoms with Crippen molar-refractivity contribution in [2.75, 3.05) is 13.1 Å². The van der Waals surface area contributed by atoms with E-state index in [1.165, 1.54) is 11.0 Å². The van der Waals surface area contributed by atoms with Crippen LogP contribution in [0.4, 0.5) is 4.79 Å². The molecule has 1 heterocycles. The van der Waals surface area contributed by atoms with E-state index in [0.717, 1.165) is 11.1 Å². The quantitative estimate of drug-likeness (QED) is 0.205. The average molecular weight is 628 g/mol. The summed E-state index contributed by atoms with van der Waals surface area (Å²) in [4.78, 5) is 79.1. The summed E-state index contributed by atoms with van der Waals surface area (Å²) in [5.41, 5.74) is 0.495. The summed E-state index contributed by atoms with van der Waals surface area (Å²) in [5.74, 6) is -3.53. The molecule has 0 bridgehead atoms. The van der Waals surface area contributed by atoms with Crippen molar-refractivity contribution < 1.29 is 33.5 Å². The number of amides is 5. The first kappa shape index (κ1) is 37.0. The molecular formula is C33H49N5O7. The third kappa shape index (κ3) is 11.3. The maximum Gasteiger partial charge on any atom is 0.408 e. The number of Topliss-reactive ketones (excluding diaryl/α,β-unsaturated/α-hetero) is 1. The SMILES string of the molecule is C=CCC(NC(=O)[C@@H]1CCCN1C(=O)[C@@H](NC(=O)OC(C)(C)C)C(C)(C)C)C(=O)C(=O)NCC(=O)NC(C)c1ccc(C)cc1. The van der Waals surface area contributed by atoms with Crippen molar-refractivity contribution in [2.24, 2.45) is 5.41 Å². The molecule has 0 spiro atoms. The van der Waals surface area contributed by atoms with E-state index >= 15 is 0 Å². The average Bonchev–Trinajstić information content (AvgIpc) is 3.43. The highest BCUT2D eigenvalue weighted by Crippen LogP contribution is 2.26. The lowest BCUT2D eigenvalue weighted by molar-refractivity contribution is -0.144. The van der Waals surface area contributed by atoms with E-state index in [1.807, 2.05) is 31.2 Å². The molecule has 1 aromatic rings. The maximum atomic E-state index is 13.7. The first-order valence-electron chi connectivity index (χ1n) is 15.2. The summed E-state index contributed by atoms with van der Waals surface area (Å²) in [5, 5.41) is 10.3. The molecule has 1 saturated heterocycles. The number of alkyl carbamates (subject to hydrolysis) is 1. The molecule has 12 heteroatoms. The molecule has 1 aliphatic rings. The fourth-order valence-electron chi connectivity index (χ4n) is 4.85. The predicted molar refractivity (Wildman–Crippen MR) is 170 cm³/mol. The predicted octanol–water partition coefficient (Wildman–Crippen LogP) is 2.85. The van der Waals surface area contributed by atoms with Crippen molar-refractivity contribution in [1.29, 1.82) is 0 Å². The highest BCUT2D eigenvalue weighted by Gasteiger charge is 2.43. The van der Waals surface area contributed by atoms with Gasteiger partial charge in [-0.25, -0.2) is 4.79 Å². The van der Waals surface area contributed by atoms with E-state index in [-0.39, 0.29) is 19.0 Å². The molecule has 248 valence electrons. The minimum atomic E-state index is -1.25. The number of ketones is 1. The lowest BCUT2D eigenvalue weighted by Crippen LogP contribution is -2.59. The third-order valence-corrected chi connectivity index (χ3v) is 7.24. The van der Waals surface area contributed by atoms with Crippen molar-refractivity contribution in [2.45, 2.75) is 104 Å². The monoisotopic (exact) mass is 627 g/mol. The molecule has 4 N–H and O–H groups in total. The Bertz CT molecular complexity index is 1260. The van der Waals surface area contributed by atoms with Gasteiger partial charge in [-0.3, -0.25) is 24.0 Å². The summed E-state index contributed by atoms with van der Waals surface area (Å²) in [6, 6.07) is 4.18. The van der Waals surface area contributed by atoms with E-state index in [9.17, 15) is 28.8 Å². The zero-order chi connectivity index (χ0) is 34.1. The number of carbonyl (C=O) groups is 6. The summed E-state index contributed by atoms with van der Waals surface area (Å²) >= 11 is 0. The summed E-state index contributed by atoms with van der Waals surface area (Å²) < 4.78 is 5.35. The van der Waals surface area contributed by atoms with Gasteiger partial charge in [-0.15, -0.1) is 6.58 Å². The number of aryl methyl sites for hydroxylation is 1. The zero-order valence-corrected chi connectivity index (χ0v) is 27.7. The van der Waals surface area contributed by atoms with Gasteiger partial charge in [-0.1, -0.05) is 56.7 Å². The number of nitrogens with zero attached hydrogens (tertiary/aromatic N) is 1. The highest BCUT2D eigenvalue weighted by molar-refractivity contribution is 6.38. The minimum Gasteiger partial charge on any atom is -0.444 e. The number of likely N-dealkylation sites (tertiary alicyclic amines) is 1. The Morgan fingerprint density at radius 1 is 1.00 bits per heavy atom. The second-order valence-electron chi connectivity index (χ2n) is 13.5. The van der Waals surface area contributed by atoms with Gasteiger partial charge in [0, 0.05) is 6.54 Å². The molecule has 0 aliphatic carbocycles. The van der Waals surface area contributed by atoms with Crippen LogP contribution in [0, 0.1) is 12.3 Å². The van der Waals surface area contributed by atoms with E-state index < -0.39 is 71.2 Å². The van der Waals surface area contributed by atoms with Crippen LogP contribution in [0.5, 0.6) is 0 Å². The van der Waals surface area contributed by atoms with E-state index in [0.29, 0.717) is 12.8 Å². The molecule has 1 aliphatic heterocycles. The van der Waals surface area contributed by atoms with Crippen molar-refractivity contribution >= 4 is 35.5 Å². The van der Waals surface area contributed by atoms with Crippen molar-refractivity contribution in [1.82, 2.24) is 26.2 Å². The van der Waals surface area contributed by atoms with E-state index in [4.69, 9.17) is 4.74 Å². The Kier molecular flexibility index (Phi) is 12.9. The highest BCUT2D eigenvalue weighted by atomic mass is 16.6. The Morgan fingerprint density at radius 3 is 2.18 bits per heavy atom. The third-order valence-electron chi connectivity index (χ3n) is 7.24. The molecule has 12 nitrogen and oxygen atoms in total. The van der Waals surface area contributed by atoms with Crippen molar-refractivity contribution in [3.05, 3.63) is 48.0 Å². The lowest BCUT2D eigenvalue weighted by atomic mass is 9.85. The summed E-state index contributed by atoms with van der Waals surface area (Å²) in [6.45, 7) is 17.7. The second-order valence-corrected chi connectivity index (χ2v) is 13.5. The molecule has 5 amide bonds. The smallest absolute Gasteiger partial charge is 0.408 e. The normalized spacial score (nSPS) is 16.9. The molecule has 1 aromatic carbocycles. The Hall–Kier alpha value is -4.22. The van der Waals surface area contributed by atoms with Gasteiger partial charge < -0.3 is 30.9 Å². The molecule has 0 saturated carbocycles. The second kappa shape index (κ2) is 15.7. The van der Waals surface area contributed by atoms with Gasteiger partial charge in [0.05, 0.1) is 12.6 Å². The molecule has 2 unspecified atom stereocenters. The number of carbonyl (C=O) groups excluding carboxylic acids is 6. The number of nitrogens with one attached hydrogen (secondary N) is 4. The van der Waals surface area contributed by atoms with E-state index in [1.54, 1.807) is 48.5 Å². The first-order chi connectivity index (χ1) is 20.8. The standard InChI is InChI=1S/C33H49N5O7/c1-10-12-23(26(40)29(42)34-19-25(39)35-21(3)22-16-14-20(2)15-17-22)36-28(41)24-13-11-18-38(24)30(43)27(32(4,5)6)37-31(44)45-33(7,8)9/h10,14-17,21,23-24,27H,1,11-13,18-19H2,2-9H3,(H,34,42)(H,35,39)(H,36,41)(H,37,44)/t21?,23?,24-,27+/m0/s1. The van der Waals surface area contributed by atoms with Gasteiger partial charge in [-0.05, 0) is 64.9 Å². The van der Waals surface area contributed by atoms with Crippen LogP contribution >= 0.6 is 0 Å². The molecule has 4 atom stereocenters. The van der Waals surface area contributed by atoms with Crippen LogP contribution < -0.4 is 21.3 Å². The largest absolute Gasteiger partial charge is 0.444 e. The van der Waals surface area contributed by atoms with Crippen LogP contribution in [0.3, 0.4) is 0 Å². The van der Waals surface area contributed by atoms with Gasteiger partial charge in [0.25, 0.3) is 5.91 Å². The van der Waals surface area contributed by atoms with Crippen molar-refractivity contribution in [3.63, 3.8) is 0 Å². The van der Waals surface area contributed by atoms with Crippen LogP contribution in [0.1, 0.15) is 84.9 Å². The number of benzene rings is 1. The summed E-state index contributed by atoms with van der Waals surface area (Å²) in [6.07, 6.45) is 1.46. The number of hydrogen-bond acceptors (Lipinski definition) is 7. The number of ether oxygens (including phenoxy) is 1. The van der Waals surface area contributed by atoms with E-state index in [2.05, 4.69) is 27.8 Å². The Labute approximate surface area is 266 Å². The lowest BCUT2D eigenvalue weighted by Gasteiger charge is -2.36. The van der Waals surface area contributed by atoms with Crippen LogP contribution in [0.2, 0.25) is 0 Å². The first-order valence-corrected chi connectivity index (χ1v) is 15.2. The van der Waals surface area contributed by atoms with Gasteiger partial charge in [-0.2, -0.15) is 0 Å². The summed E-state index contributed by atoms with van der Waals surface area (Å²) in [7, 11) is 0. The molecule has 45 heavy (non-hydrogen) atoms. The van der Waals surface area contributed by atoms with Crippen LogP contribution in [-0.2, 0) is 28.7 Å². The molecule has 1 fully saturated rings. The Morgan fingerprint density at radius 2 is 1.62 bits per heavy atom. The maximum absolute atomic E-state index is 13.7. The van der Waals surface area contributed by atoms with Gasteiger partial charge >= 0.3 is 6.09 Å².